The number of rotatable bonds is 5. The van der Waals surface area contributed by atoms with Gasteiger partial charge in [0.2, 0.25) is 5.89 Å². The van der Waals surface area contributed by atoms with E-state index in [4.69, 9.17) is 4.52 Å². The molecule has 1 aliphatic carbocycles. The first kappa shape index (κ1) is 15.5. The molecular formula is C18H20N6O2. The molecule has 1 N–H and O–H groups in total. The van der Waals surface area contributed by atoms with E-state index in [9.17, 15) is 4.79 Å². The lowest BCUT2D eigenvalue weighted by atomic mass is 10.2. The highest BCUT2D eigenvalue weighted by Crippen LogP contribution is 2.32. The molecule has 0 aromatic carbocycles. The number of likely N-dealkylation sites (tertiary alicyclic amines) is 1. The van der Waals surface area contributed by atoms with Crippen molar-refractivity contribution >= 4 is 11.4 Å². The fraction of sp³-hybridized carbons (Fsp3) is 0.444. The maximum atomic E-state index is 12.1. The molecule has 1 atom stereocenters. The minimum absolute atomic E-state index is 0.0450. The van der Waals surface area contributed by atoms with E-state index >= 15 is 0 Å². The fourth-order valence-corrected chi connectivity index (χ4v) is 3.56. The largest absolute Gasteiger partial charge is 0.346 e. The Bertz CT molecular complexity index is 944. The molecule has 5 rings (SSSR count). The van der Waals surface area contributed by atoms with Crippen LogP contribution in [0.2, 0.25) is 0 Å². The number of pyridine rings is 1. The highest BCUT2D eigenvalue weighted by Gasteiger charge is 2.33. The minimum atomic E-state index is -0.241. The lowest BCUT2D eigenvalue weighted by molar-refractivity contribution is 0.0937. The van der Waals surface area contributed by atoms with Crippen molar-refractivity contribution in [1.29, 1.82) is 0 Å². The van der Waals surface area contributed by atoms with Gasteiger partial charge in [0, 0.05) is 24.3 Å². The third-order valence-corrected chi connectivity index (χ3v) is 5.09. The van der Waals surface area contributed by atoms with Crippen molar-refractivity contribution in [1.82, 2.24) is 30.0 Å². The Morgan fingerprint density at radius 3 is 3.12 bits per heavy atom. The number of carbonyl (C=O) groups excluding carboxylic acids is 1. The molecule has 8 nitrogen and oxygen atoms in total. The predicted molar refractivity (Wildman–Crippen MR) is 92.4 cm³/mol. The van der Waals surface area contributed by atoms with Crippen LogP contribution in [-0.2, 0) is 6.54 Å². The molecule has 4 heterocycles. The maximum Gasteiger partial charge on any atom is 0.292 e. The van der Waals surface area contributed by atoms with E-state index < -0.39 is 0 Å². The molecule has 2 aliphatic rings. The van der Waals surface area contributed by atoms with E-state index in [2.05, 4.69) is 31.5 Å². The first-order valence-corrected chi connectivity index (χ1v) is 9.08. The van der Waals surface area contributed by atoms with Crippen molar-refractivity contribution < 1.29 is 9.32 Å². The van der Waals surface area contributed by atoms with Crippen LogP contribution in [0, 0.1) is 0 Å². The Hall–Kier alpha value is -2.74. The molecule has 2 fully saturated rings. The smallest absolute Gasteiger partial charge is 0.292 e. The highest BCUT2D eigenvalue weighted by atomic mass is 16.5. The summed E-state index contributed by atoms with van der Waals surface area (Å²) >= 11 is 0. The highest BCUT2D eigenvalue weighted by molar-refractivity contribution is 5.90. The molecular weight excluding hydrogens is 332 g/mol. The third kappa shape index (κ3) is 2.86. The normalized spacial score (nSPS) is 20.7. The lowest BCUT2D eigenvalue weighted by Gasteiger charge is -2.20. The van der Waals surface area contributed by atoms with Gasteiger partial charge in [-0.05, 0) is 44.4 Å². The van der Waals surface area contributed by atoms with E-state index in [-0.39, 0.29) is 23.8 Å². The zero-order valence-corrected chi connectivity index (χ0v) is 14.3. The van der Waals surface area contributed by atoms with E-state index in [0.717, 1.165) is 44.3 Å². The van der Waals surface area contributed by atoms with Crippen LogP contribution in [0.1, 0.15) is 53.8 Å². The first-order valence-electron chi connectivity index (χ1n) is 9.08. The van der Waals surface area contributed by atoms with Crippen molar-refractivity contribution in [3.63, 3.8) is 0 Å². The summed E-state index contributed by atoms with van der Waals surface area (Å²) in [4.78, 5) is 18.8. The molecule has 0 spiro atoms. The minimum Gasteiger partial charge on any atom is -0.346 e. The van der Waals surface area contributed by atoms with Gasteiger partial charge in [0.1, 0.15) is 0 Å². The molecule has 3 aromatic rings. The van der Waals surface area contributed by atoms with E-state index in [1.54, 1.807) is 0 Å². The van der Waals surface area contributed by atoms with Gasteiger partial charge in [-0.15, -0.1) is 0 Å². The van der Waals surface area contributed by atoms with Gasteiger partial charge in [-0.1, -0.05) is 11.2 Å². The van der Waals surface area contributed by atoms with Crippen LogP contribution in [0.5, 0.6) is 0 Å². The third-order valence-electron chi connectivity index (χ3n) is 5.09. The number of carbonyl (C=O) groups is 1. The van der Waals surface area contributed by atoms with E-state index in [0.29, 0.717) is 5.89 Å². The average molecular weight is 352 g/mol. The first-order chi connectivity index (χ1) is 12.8. The van der Waals surface area contributed by atoms with Crippen molar-refractivity contribution in [2.75, 3.05) is 6.54 Å². The standard InChI is InChI=1S/C18H20N6O2/c25-17(20-13-6-7-13)16-21-18(26-22-16)15-5-3-8-23(15)11-12-10-19-24-9-2-1-4-14(12)24/h1-2,4,9-10,13,15H,3,5-8,11H2,(H,20,25). The molecule has 1 amide bonds. The van der Waals surface area contributed by atoms with E-state index in [1.165, 1.54) is 5.56 Å². The summed E-state index contributed by atoms with van der Waals surface area (Å²) in [6.07, 6.45) is 7.94. The second kappa shape index (κ2) is 6.21. The number of hydrogen-bond acceptors (Lipinski definition) is 6. The molecule has 1 aliphatic heterocycles. The van der Waals surface area contributed by atoms with Gasteiger partial charge in [0.15, 0.2) is 0 Å². The van der Waals surface area contributed by atoms with Gasteiger partial charge in [-0.25, -0.2) is 4.52 Å². The van der Waals surface area contributed by atoms with Gasteiger partial charge in [0.05, 0.1) is 17.8 Å². The Morgan fingerprint density at radius 1 is 1.31 bits per heavy atom. The number of amides is 1. The molecule has 26 heavy (non-hydrogen) atoms. The SMILES string of the molecule is O=C(NC1CC1)c1noc(C2CCCN2Cc2cnn3ccccc23)n1. The summed E-state index contributed by atoms with van der Waals surface area (Å²) in [6.45, 7) is 1.73. The van der Waals surface area contributed by atoms with Crippen LogP contribution >= 0.6 is 0 Å². The molecule has 1 unspecified atom stereocenters. The molecule has 0 radical (unpaired) electrons. The van der Waals surface area contributed by atoms with Crippen molar-refractivity contribution in [3.05, 3.63) is 47.9 Å². The van der Waals surface area contributed by atoms with Crippen LogP contribution in [-0.4, -0.2) is 43.1 Å². The van der Waals surface area contributed by atoms with Gasteiger partial charge < -0.3 is 9.84 Å². The topological polar surface area (TPSA) is 88.6 Å². The monoisotopic (exact) mass is 352 g/mol. The van der Waals surface area contributed by atoms with Crippen molar-refractivity contribution in [3.8, 4) is 0 Å². The molecule has 1 saturated heterocycles. The molecule has 8 heteroatoms. The van der Waals surface area contributed by atoms with Gasteiger partial charge in [-0.2, -0.15) is 10.1 Å². The summed E-state index contributed by atoms with van der Waals surface area (Å²) in [6, 6.07) is 6.38. The predicted octanol–water partition coefficient (Wildman–Crippen LogP) is 1.95. The Morgan fingerprint density at radius 2 is 2.23 bits per heavy atom. The molecule has 3 aromatic heterocycles. The summed E-state index contributed by atoms with van der Waals surface area (Å²) in [5.74, 6) is 0.421. The van der Waals surface area contributed by atoms with Gasteiger partial charge in [0.25, 0.3) is 11.7 Å². The Labute approximate surface area is 150 Å². The Kier molecular flexibility index (Phi) is 3.70. The molecule has 1 saturated carbocycles. The fourth-order valence-electron chi connectivity index (χ4n) is 3.56. The van der Waals surface area contributed by atoms with E-state index in [1.807, 2.05) is 29.0 Å². The van der Waals surface area contributed by atoms with Crippen LogP contribution in [0.15, 0.2) is 35.1 Å². The second-order valence-electron chi connectivity index (χ2n) is 7.03. The Balaban J connectivity index is 1.34. The lowest BCUT2D eigenvalue weighted by Crippen LogP contribution is -2.27. The van der Waals surface area contributed by atoms with Crippen LogP contribution in [0.25, 0.3) is 5.52 Å². The quantitative estimate of drug-likeness (QED) is 0.755. The zero-order valence-electron chi connectivity index (χ0n) is 14.3. The summed E-state index contributed by atoms with van der Waals surface area (Å²) in [5.41, 5.74) is 2.27. The summed E-state index contributed by atoms with van der Waals surface area (Å²) in [5, 5.41) is 11.2. The number of nitrogens with zero attached hydrogens (tertiary/aromatic N) is 5. The van der Waals surface area contributed by atoms with Crippen molar-refractivity contribution in [2.45, 2.75) is 44.3 Å². The van der Waals surface area contributed by atoms with Gasteiger partial charge >= 0.3 is 0 Å². The summed E-state index contributed by atoms with van der Waals surface area (Å²) < 4.78 is 7.31. The average Bonchev–Trinajstić information content (AvgIpc) is 3.07. The second-order valence-corrected chi connectivity index (χ2v) is 7.03. The summed E-state index contributed by atoms with van der Waals surface area (Å²) in [7, 11) is 0. The van der Waals surface area contributed by atoms with Crippen LogP contribution in [0.3, 0.4) is 0 Å². The molecule has 0 bridgehead atoms. The van der Waals surface area contributed by atoms with Crippen LogP contribution < -0.4 is 5.32 Å². The number of aromatic nitrogens is 4. The van der Waals surface area contributed by atoms with Crippen molar-refractivity contribution in [2.24, 2.45) is 0 Å². The van der Waals surface area contributed by atoms with Gasteiger partial charge in [-0.3, -0.25) is 9.69 Å². The number of nitrogens with one attached hydrogen (secondary N) is 1. The molecule has 134 valence electrons. The number of fused-ring (bicyclic) bond motifs is 1. The zero-order chi connectivity index (χ0) is 17.5. The number of hydrogen-bond donors (Lipinski definition) is 1. The van der Waals surface area contributed by atoms with Crippen LogP contribution in [0.4, 0.5) is 0 Å². The maximum absolute atomic E-state index is 12.1.